The van der Waals surface area contributed by atoms with Crippen molar-refractivity contribution in [3.05, 3.63) is 40.8 Å². The maximum Gasteiger partial charge on any atom is 0.379 e. The Labute approximate surface area is 190 Å². The van der Waals surface area contributed by atoms with E-state index in [0.717, 1.165) is 11.8 Å². The molecular formula is C25H36O7. The summed E-state index contributed by atoms with van der Waals surface area (Å²) < 4.78 is 26.9. The Morgan fingerprint density at radius 2 is 1.59 bits per heavy atom. The lowest BCUT2D eigenvalue weighted by Crippen LogP contribution is -2.34. The van der Waals surface area contributed by atoms with E-state index in [4.69, 9.17) is 23.4 Å². The van der Waals surface area contributed by atoms with Crippen LogP contribution in [0.5, 0.6) is 5.75 Å². The van der Waals surface area contributed by atoms with Crippen molar-refractivity contribution >= 4 is 16.9 Å². The van der Waals surface area contributed by atoms with E-state index >= 15 is 0 Å². The summed E-state index contributed by atoms with van der Waals surface area (Å²) in [4.78, 5) is 24.3. The number of para-hydroxylation sites is 1. The molecule has 1 unspecified atom stereocenters. The Morgan fingerprint density at radius 1 is 0.969 bits per heavy atom. The van der Waals surface area contributed by atoms with Gasteiger partial charge in [-0.05, 0) is 44.2 Å². The number of ether oxygens (including phenoxy) is 4. The lowest BCUT2D eigenvalue weighted by molar-refractivity contribution is -0.158. The highest BCUT2D eigenvalue weighted by Gasteiger charge is 2.35. The van der Waals surface area contributed by atoms with Gasteiger partial charge >= 0.3 is 11.6 Å². The number of rotatable bonds is 14. The summed E-state index contributed by atoms with van der Waals surface area (Å²) in [5.41, 5.74) is -0.503. The first kappa shape index (κ1) is 25.9. The summed E-state index contributed by atoms with van der Waals surface area (Å²) >= 11 is 0. The van der Waals surface area contributed by atoms with Crippen LogP contribution in [0.1, 0.15) is 41.0 Å². The van der Waals surface area contributed by atoms with Crippen LogP contribution in [-0.4, -0.2) is 45.6 Å². The summed E-state index contributed by atoms with van der Waals surface area (Å²) in [6.45, 7) is 12.1. The molecule has 0 bridgehead atoms. The van der Waals surface area contributed by atoms with Gasteiger partial charge in [-0.15, -0.1) is 0 Å². The van der Waals surface area contributed by atoms with Crippen LogP contribution in [0, 0.1) is 17.3 Å². The molecule has 1 aromatic carbocycles. The van der Waals surface area contributed by atoms with Gasteiger partial charge in [-0.3, -0.25) is 4.79 Å². The molecule has 0 saturated carbocycles. The van der Waals surface area contributed by atoms with Crippen molar-refractivity contribution in [2.75, 3.05) is 39.6 Å². The van der Waals surface area contributed by atoms with Crippen LogP contribution in [0.25, 0.3) is 11.0 Å². The summed E-state index contributed by atoms with van der Waals surface area (Å²) in [6, 6.07) is 8.92. The average molecular weight is 449 g/mol. The Bertz CT molecular complexity index is 901. The van der Waals surface area contributed by atoms with Crippen LogP contribution in [0.2, 0.25) is 0 Å². The standard InChI is InChI=1S/C25H36O7/c1-18(2)16-19(3)25(4,5)24(27)31-15-13-29-11-10-28-12-14-30-22-17-20-8-6-7-9-21(20)32-23(22)26/h6-9,17-19H,10-16H2,1-5H3. The Balaban J connectivity index is 1.54. The fraction of sp³-hybridized carbons (Fsp3) is 0.600. The van der Waals surface area contributed by atoms with E-state index in [1.54, 1.807) is 18.2 Å². The minimum absolute atomic E-state index is 0.163. The number of carbonyl (C=O) groups is 1. The molecule has 32 heavy (non-hydrogen) atoms. The molecule has 0 aliphatic heterocycles. The zero-order valence-electron chi connectivity index (χ0n) is 19.8. The van der Waals surface area contributed by atoms with Gasteiger partial charge in [0.2, 0.25) is 5.75 Å². The van der Waals surface area contributed by atoms with Crippen molar-refractivity contribution < 1.29 is 28.2 Å². The van der Waals surface area contributed by atoms with Gasteiger partial charge in [-0.2, -0.15) is 0 Å². The number of esters is 1. The maximum absolute atomic E-state index is 12.4. The summed E-state index contributed by atoms with van der Waals surface area (Å²) in [5.74, 6) is 0.750. The number of fused-ring (bicyclic) bond motifs is 1. The molecule has 0 aliphatic carbocycles. The third-order valence-electron chi connectivity index (χ3n) is 5.51. The molecule has 0 fully saturated rings. The molecule has 0 aliphatic rings. The second-order valence-corrected chi connectivity index (χ2v) is 8.90. The van der Waals surface area contributed by atoms with Gasteiger partial charge in [0, 0.05) is 5.39 Å². The van der Waals surface area contributed by atoms with Gasteiger partial charge in [0.1, 0.15) is 18.8 Å². The third-order valence-corrected chi connectivity index (χ3v) is 5.51. The zero-order chi connectivity index (χ0) is 23.6. The van der Waals surface area contributed by atoms with Gasteiger partial charge in [-0.25, -0.2) is 4.79 Å². The molecule has 178 valence electrons. The number of benzene rings is 1. The average Bonchev–Trinajstić information content (AvgIpc) is 2.74. The number of hydrogen-bond acceptors (Lipinski definition) is 7. The molecule has 7 nitrogen and oxygen atoms in total. The van der Waals surface area contributed by atoms with Crippen LogP contribution < -0.4 is 10.4 Å². The van der Waals surface area contributed by atoms with Gasteiger partial charge in [0.25, 0.3) is 0 Å². The minimum Gasteiger partial charge on any atom is -0.484 e. The van der Waals surface area contributed by atoms with Gasteiger partial charge in [-0.1, -0.05) is 39.0 Å². The fourth-order valence-corrected chi connectivity index (χ4v) is 3.26. The maximum atomic E-state index is 12.4. The largest absolute Gasteiger partial charge is 0.484 e. The molecule has 2 rings (SSSR count). The van der Waals surface area contributed by atoms with Crippen LogP contribution >= 0.6 is 0 Å². The fourth-order valence-electron chi connectivity index (χ4n) is 3.26. The van der Waals surface area contributed by atoms with Crippen molar-refractivity contribution in [3.8, 4) is 5.75 Å². The Morgan fingerprint density at radius 3 is 2.28 bits per heavy atom. The van der Waals surface area contributed by atoms with Crippen LogP contribution in [-0.2, 0) is 19.0 Å². The zero-order valence-corrected chi connectivity index (χ0v) is 19.8. The molecule has 0 saturated heterocycles. The lowest BCUT2D eigenvalue weighted by atomic mass is 9.76. The van der Waals surface area contributed by atoms with Crippen molar-refractivity contribution in [2.24, 2.45) is 17.3 Å². The summed E-state index contributed by atoms with van der Waals surface area (Å²) in [7, 11) is 0. The van der Waals surface area contributed by atoms with E-state index in [2.05, 4.69) is 20.8 Å². The van der Waals surface area contributed by atoms with Crippen molar-refractivity contribution in [1.29, 1.82) is 0 Å². The summed E-state index contributed by atoms with van der Waals surface area (Å²) in [6.07, 6.45) is 0.978. The second kappa shape index (κ2) is 12.6. The summed E-state index contributed by atoms with van der Waals surface area (Å²) in [5, 5.41) is 0.801. The topological polar surface area (TPSA) is 84.2 Å². The van der Waals surface area contributed by atoms with E-state index in [9.17, 15) is 9.59 Å². The molecular weight excluding hydrogens is 412 g/mol. The molecule has 0 spiro atoms. The monoisotopic (exact) mass is 448 g/mol. The molecule has 1 aromatic heterocycles. The molecule has 7 heteroatoms. The second-order valence-electron chi connectivity index (χ2n) is 8.90. The predicted molar refractivity (Wildman–Crippen MR) is 123 cm³/mol. The molecule has 1 heterocycles. The molecule has 0 amide bonds. The molecule has 0 N–H and O–H groups in total. The van der Waals surface area contributed by atoms with Gasteiger partial charge < -0.3 is 23.4 Å². The molecule has 1 atom stereocenters. The Hall–Kier alpha value is -2.38. The quantitative estimate of drug-likeness (QED) is 0.240. The highest BCUT2D eigenvalue weighted by atomic mass is 16.6. The number of carbonyl (C=O) groups excluding carboxylic acids is 1. The molecule has 2 aromatic rings. The first-order valence-corrected chi connectivity index (χ1v) is 11.2. The number of hydrogen-bond donors (Lipinski definition) is 0. The smallest absolute Gasteiger partial charge is 0.379 e. The van der Waals surface area contributed by atoms with Crippen molar-refractivity contribution in [2.45, 2.75) is 41.0 Å². The van der Waals surface area contributed by atoms with E-state index in [-0.39, 0.29) is 30.9 Å². The Kier molecular flexibility index (Phi) is 10.2. The van der Waals surface area contributed by atoms with Crippen LogP contribution in [0.3, 0.4) is 0 Å². The lowest BCUT2D eigenvalue weighted by Gasteiger charge is -2.30. The first-order valence-electron chi connectivity index (χ1n) is 11.2. The van der Waals surface area contributed by atoms with Gasteiger partial charge in [0.05, 0.1) is 31.8 Å². The normalized spacial score (nSPS) is 12.8. The SMILES string of the molecule is CC(C)CC(C)C(C)(C)C(=O)OCCOCCOCCOc1cc2ccccc2oc1=O. The van der Waals surface area contributed by atoms with E-state index in [0.29, 0.717) is 37.9 Å². The first-order chi connectivity index (χ1) is 15.2. The van der Waals surface area contributed by atoms with E-state index in [1.807, 2.05) is 26.0 Å². The molecule has 0 radical (unpaired) electrons. The van der Waals surface area contributed by atoms with Gasteiger partial charge in [0.15, 0.2) is 0 Å². The highest BCUT2D eigenvalue weighted by molar-refractivity contribution is 5.77. The van der Waals surface area contributed by atoms with E-state index < -0.39 is 11.0 Å². The highest BCUT2D eigenvalue weighted by Crippen LogP contribution is 2.32. The van der Waals surface area contributed by atoms with Crippen LogP contribution in [0.15, 0.2) is 39.5 Å². The predicted octanol–water partition coefficient (Wildman–Crippen LogP) is 4.46. The van der Waals surface area contributed by atoms with Crippen molar-refractivity contribution in [1.82, 2.24) is 0 Å². The van der Waals surface area contributed by atoms with E-state index in [1.165, 1.54) is 0 Å². The van der Waals surface area contributed by atoms with Crippen LogP contribution in [0.4, 0.5) is 0 Å². The minimum atomic E-state index is -0.518. The van der Waals surface area contributed by atoms with Crippen molar-refractivity contribution in [3.63, 3.8) is 0 Å². The third kappa shape index (κ3) is 7.95.